The van der Waals surface area contributed by atoms with Gasteiger partial charge in [0.15, 0.2) is 0 Å². The van der Waals surface area contributed by atoms with E-state index in [1.54, 1.807) is 49.4 Å². The Morgan fingerprint density at radius 1 is 0.909 bits per heavy atom. The molecule has 9 nitrogen and oxygen atoms in total. The third-order valence-corrected chi connectivity index (χ3v) is 9.38. The third kappa shape index (κ3) is 7.23. The Hall–Kier alpha value is -3.92. The average Bonchev–Trinajstić information content (AvgIpc) is 3.23. The molecule has 0 bridgehead atoms. The molecular formula is C33H35Cl2N3O6. The fraction of sp³-hybridized carbons (Fsp3) is 0.333. The number of carboxylic acids is 1. The Kier molecular flexibility index (Phi) is 10.3. The summed E-state index contributed by atoms with van der Waals surface area (Å²) in [7, 11) is 0. The molecule has 4 N–H and O–H groups in total. The van der Waals surface area contributed by atoms with Crippen molar-refractivity contribution < 1.29 is 29.1 Å². The molecule has 11 heteroatoms. The van der Waals surface area contributed by atoms with Gasteiger partial charge in [0, 0.05) is 18.0 Å². The van der Waals surface area contributed by atoms with Crippen LogP contribution in [0.4, 0.5) is 5.69 Å². The predicted molar refractivity (Wildman–Crippen MR) is 168 cm³/mol. The van der Waals surface area contributed by atoms with Crippen LogP contribution in [0.25, 0.3) is 0 Å². The van der Waals surface area contributed by atoms with E-state index in [0.717, 1.165) is 5.56 Å². The van der Waals surface area contributed by atoms with Gasteiger partial charge in [-0.25, -0.2) is 10.3 Å². The Bertz CT molecular complexity index is 1510. The highest BCUT2D eigenvalue weighted by molar-refractivity contribution is 6.40. The molecule has 3 atom stereocenters. The van der Waals surface area contributed by atoms with Crippen LogP contribution in [0.15, 0.2) is 72.8 Å². The molecule has 1 aliphatic rings. The van der Waals surface area contributed by atoms with E-state index in [1.807, 2.05) is 44.2 Å². The van der Waals surface area contributed by atoms with Crippen molar-refractivity contribution in [2.24, 2.45) is 16.7 Å². The lowest BCUT2D eigenvalue weighted by atomic mass is 9.65. The number of amides is 3. The molecule has 0 aliphatic heterocycles. The van der Waals surface area contributed by atoms with Crippen molar-refractivity contribution in [3.8, 4) is 0 Å². The summed E-state index contributed by atoms with van der Waals surface area (Å²) >= 11 is 12.2. The minimum absolute atomic E-state index is 0.0177. The molecule has 3 aromatic rings. The first-order valence-corrected chi connectivity index (χ1v) is 14.9. The number of halogens is 2. The van der Waals surface area contributed by atoms with E-state index in [0.29, 0.717) is 24.1 Å². The molecule has 1 fully saturated rings. The maximum absolute atomic E-state index is 13.4. The molecule has 3 aromatic carbocycles. The highest BCUT2D eigenvalue weighted by atomic mass is 35.5. The van der Waals surface area contributed by atoms with Gasteiger partial charge in [-0.05, 0) is 53.6 Å². The van der Waals surface area contributed by atoms with Crippen molar-refractivity contribution in [3.63, 3.8) is 0 Å². The SMILES string of the molecule is CC1(C)[C@@H](C(=O)N[C@@H](Cc2ccc(NC(=O)c3c(Cl)cccc3Cl)cc2)C(=O)O)CC[C@@]1(C)C(=O)NOCc1ccccc1. The highest BCUT2D eigenvalue weighted by Crippen LogP contribution is 2.56. The van der Waals surface area contributed by atoms with E-state index < -0.39 is 40.6 Å². The molecule has 0 heterocycles. The van der Waals surface area contributed by atoms with Crippen molar-refractivity contribution >= 4 is 52.6 Å². The summed E-state index contributed by atoms with van der Waals surface area (Å²) in [5.74, 6) is -3.01. The second kappa shape index (κ2) is 13.8. The molecular weight excluding hydrogens is 605 g/mol. The summed E-state index contributed by atoms with van der Waals surface area (Å²) in [5.41, 5.74) is 2.99. The topological polar surface area (TPSA) is 134 Å². The number of aliphatic carboxylic acids is 1. The summed E-state index contributed by atoms with van der Waals surface area (Å²) in [5, 5.41) is 15.8. The summed E-state index contributed by atoms with van der Waals surface area (Å²) in [4.78, 5) is 56.9. The Morgan fingerprint density at radius 2 is 1.55 bits per heavy atom. The molecule has 1 aliphatic carbocycles. The van der Waals surface area contributed by atoms with Gasteiger partial charge >= 0.3 is 5.97 Å². The molecule has 0 aromatic heterocycles. The molecule has 0 unspecified atom stereocenters. The van der Waals surface area contributed by atoms with Gasteiger partial charge in [0.05, 0.1) is 27.6 Å². The van der Waals surface area contributed by atoms with E-state index in [1.165, 1.54) is 0 Å². The van der Waals surface area contributed by atoms with Crippen LogP contribution in [0.1, 0.15) is 55.1 Å². The number of nitrogens with one attached hydrogen (secondary N) is 3. The largest absolute Gasteiger partial charge is 0.480 e. The number of anilines is 1. The first-order chi connectivity index (χ1) is 20.8. The van der Waals surface area contributed by atoms with Crippen molar-refractivity contribution in [3.05, 3.63) is 99.5 Å². The fourth-order valence-electron chi connectivity index (χ4n) is 5.58. The van der Waals surface area contributed by atoms with E-state index in [4.69, 9.17) is 28.0 Å². The molecule has 1 saturated carbocycles. The Balaban J connectivity index is 1.36. The standard InChI is InChI=1S/C33H35Cl2N3O6/c1-32(2)23(16-17-33(32,3)31(43)38-44-19-21-8-5-4-6-9-21)28(39)37-26(30(41)42)18-20-12-14-22(15-13-20)36-29(40)27-24(34)10-7-11-25(27)35/h4-15,23,26H,16-19H2,1-3H3,(H,36,40)(H,37,39)(H,38,43)(H,41,42)/t23-,26+,33+/m1/s1. The maximum Gasteiger partial charge on any atom is 0.326 e. The van der Waals surface area contributed by atoms with Gasteiger partial charge in [0.2, 0.25) is 11.8 Å². The van der Waals surface area contributed by atoms with Crippen LogP contribution in [-0.4, -0.2) is 34.8 Å². The number of carbonyl (C=O) groups is 4. The van der Waals surface area contributed by atoms with Crippen LogP contribution in [0.3, 0.4) is 0 Å². The van der Waals surface area contributed by atoms with Crippen LogP contribution in [-0.2, 0) is 32.2 Å². The summed E-state index contributed by atoms with van der Waals surface area (Å²) < 4.78 is 0. The molecule has 0 spiro atoms. The lowest BCUT2D eigenvalue weighted by Gasteiger charge is -2.39. The number of hydrogen-bond donors (Lipinski definition) is 4. The first kappa shape index (κ1) is 33.0. The van der Waals surface area contributed by atoms with E-state index in [9.17, 15) is 24.3 Å². The zero-order valence-electron chi connectivity index (χ0n) is 24.7. The molecule has 4 rings (SSSR count). The average molecular weight is 641 g/mol. The van der Waals surface area contributed by atoms with Crippen molar-refractivity contribution in [1.29, 1.82) is 0 Å². The predicted octanol–water partition coefficient (Wildman–Crippen LogP) is 6.05. The van der Waals surface area contributed by atoms with Crippen LogP contribution in [0.2, 0.25) is 10.0 Å². The quantitative estimate of drug-likeness (QED) is 0.189. The van der Waals surface area contributed by atoms with Gasteiger partial charge < -0.3 is 15.7 Å². The molecule has 44 heavy (non-hydrogen) atoms. The zero-order valence-corrected chi connectivity index (χ0v) is 26.2. The van der Waals surface area contributed by atoms with Crippen LogP contribution in [0, 0.1) is 16.7 Å². The summed E-state index contributed by atoms with van der Waals surface area (Å²) in [6, 6.07) is 19.6. The number of carbonyl (C=O) groups excluding carboxylic acids is 3. The number of hydroxylamine groups is 1. The van der Waals surface area contributed by atoms with Crippen LogP contribution in [0.5, 0.6) is 0 Å². The summed E-state index contributed by atoms with van der Waals surface area (Å²) in [6.45, 7) is 5.70. The fourth-order valence-corrected chi connectivity index (χ4v) is 6.15. The monoisotopic (exact) mass is 639 g/mol. The van der Waals surface area contributed by atoms with Gasteiger partial charge in [0.1, 0.15) is 6.04 Å². The van der Waals surface area contributed by atoms with Gasteiger partial charge in [-0.3, -0.25) is 19.2 Å². The van der Waals surface area contributed by atoms with Crippen LogP contribution < -0.4 is 16.1 Å². The molecule has 0 saturated heterocycles. The van der Waals surface area contributed by atoms with Gasteiger partial charge in [-0.2, -0.15) is 0 Å². The Morgan fingerprint density at radius 3 is 2.16 bits per heavy atom. The lowest BCUT2D eigenvalue weighted by Crippen LogP contribution is -2.51. The van der Waals surface area contributed by atoms with Gasteiger partial charge in [-0.1, -0.05) is 92.5 Å². The first-order valence-electron chi connectivity index (χ1n) is 14.2. The summed E-state index contributed by atoms with van der Waals surface area (Å²) in [6.07, 6.45) is 0.866. The Labute approximate surface area is 266 Å². The van der Waals surface area contributed by atoms with Gasteiger partial charge in [-0.15, -0.1) is 0 Å². The van der Waals surface area contributed by atoms with Crippen LogP contribution >= 0.6 is 23.2 Å². The molecule has 0 radical (unpaired) electrons. The van der Waals surface area contributed by atoms with Gasteiger partial charge in [0.25, 0.3) is 5.91 Å². The van der Waals surface area contributed by atoms with Crippen molar-refractivity contribution in [1.82, 2.24) is 10.8 Å². The van der Waals surface area contributed by atoms with E-state index >= 15 is 0 Å². The minimum atomic E-state index is -1.20. The second-order valence-electron chi connectivity index (χ2n) is 11.7. The lowest BCUT2D eigenvalue weighted by molar-refractivity contribution is -0.152. The van der Waals surface area contributed by atoms with E-state index in [-0.39, 0.29) is 34.5 Å². The maximum atomic E-state index is 13.4. The zero-order chi connectivity index (χ0) is 32.1. The number of benzene rings is 3. The van der Waals surface area contributed by atoms with Crippen molar-refractivity contribution in [2.75, 3.05) is 5.32 Å². The number of hydrogen-bond acceptors (Lipinski definition) is 5. The normalized spacial score (nSPS) is 19.5. The third-order valence-electron chi connectivity index (χ3n) is 8.75. The molecule has 3 amide bonds. The van der Waals surface area contributed by atoms with Crippen molar-refractivity contribution in [2.45, 2.75) is 52.7 Å². The second-order valence-corrected chi connectivity index (χ2v) is 12.5. The smallest absolute Gasteiger partial charge is 0.326 e. The van der Waals surface area contributed by atoms with E-state index in [2.05, 4.69) is 16.1 Å². The highest BCUT2D eigenvalue weighted by Gasteiger charge is 2.58. The number of carboxylic acid groups (broad SMARTS) is 1. The number of rotatable bonds is 11. The minimum Gasteiger partial charge on any atom is -0.480 e. The molecule has 232 valence electrons.